The van der Waals surface area contributed by atoms with E-state index < -0.39 is 0 Å². The third-order valence-corrected chi connectivity index (χ3v) is 0.527. The van der Waals surface area contributed by atoms with Crippen LogP contribution in [0.15, 0.2) is 0 Å². The minimum Gasteiger partial charge on any atom is -0.372 e. The van der Waals surface area contributed by atoms with Gasteiger partial charge < -0.3 is 9.53 Å². The molecule has 2 heteroatoms. The van der Waals surface area contributed by atoms with Crippen molar-refractivity contribution in [1.82, 2.24) is 0 Å². The van der Waals surface area contributed by atoms with E-state index in [1.807, 2.05) is 0 Å². The maximum atomic E-state index is 9.62. The van der Waals surface area contributed by atoms with Gasteiger partial charge in [0.15, 0.2) is 0 Å². The third kappa shape index (κ3) is 5.19. The van der Waals surface area contributed by atoms with E-state index in [-0.39, 0.29) is 0 Å². The first kappa shape index (κ1) is 7.19. The molecule has 0 bridgehead atoms. The van der Waals surface area contributed by atoms with E-state index in [4.69, 9.17) is 0 Å². The number of rotatable bonds is 2. The highest BCUT2D eigenvalue weighted by molar-refractivity contribution is 5.53. The standard InChI is InChI=1S/C6H8O2/c1-8-6-4-2-3-5-7/h5H,3,6H2,1H3. The topological polar surface area (TPSA) is 26.3 Å². The zero-order valence-electron chi connectivity index (χ0n) is 4.81. The Hall–Kier alpha value is -0.810. The molecule has 0 radical (unpaired) electrons. The largest absolute Gasteiger partial charge is 0.372 e. The summed E-state index contributed by atoms with van der Waals surface area (Å²) in [6, 6.07) is 0. The van der Waals surface area contributed by atoms with E-state index in [0.29, 0.717) is 13.0 Å². The third-order valence-electron chi connectivity index (χ3n) is 0.527. The van der Waals surface area contributed by atoms with Crippen LogP contribution in [0.4, 0.5) is 0 Å². The zero-order chi connectivity index (χ0) is 6.24. The molecule has 44 valence electrons. The Morgan fingerprint density at radius 3 is 2.88 bits per heavy atom. The lowest BCUT2D eigenvalue weighted by Gasteiger charge is -1.79. The van der Waals surface area contributed by atoms with Gasteiger partial charge in [0.05, 0.1) is 6.42 Å². The molecule has 0 fully saturated rings. The fraction of sp³-hybridized carbons (Fsp3) is 0.500. The van der Waals surface area contributed by atoms with Gasteiger partial charge in [0.1, 0.15) is 12.9 Å². The van der Waals surface area contributed by atoms with Crippen LogP contribution >= 0.6 is 0 Å². The SMILES string of the molecule is COCC#CCC=O. The van der Waals surface area contributed by atoms with Crippen LogP contribution in [0.1, 0.15) is 6.42 Å². The number of hydrogen-bond donors (Lipinski definition) is 0. The summed E-state index contributed by atoms with van der Waals surface area (Å²) in [4.78, 5) is 9.62. The quantitative estimate of drug-likeness (QED) is 0.377. The first-order valence-electron chi connectivity index (χ1n) is 2.30. The Morgan fingerprint density at radius 2 is 2.38 bits per heavy atom. The van der Waals surface area contributed by atoms with E-state index in [1.54, 1.807) is 7.11 Å². The molecule has 0 heterocycles. The van der Waals surface area contributed by atoms with E-state index in [9.17, 15) is 4.79 Å². The van der Waals surface area contributed by atoms with Crippen molar-refractivity contribution in [2.75, 3.05) is 13.7 Å². The molecule has 0 amide bonds. The summed E-state index contributed by atoms with van der Waals surface area (Å²) >= 11 is 0. The highest BCUT2D eigenvalue weighted by Gasteiger charge is 1.68. The number of ether oxygens (including phenoxy) is 1. The molecule has 0 N–H and O–H groups in total. The van der Waals surface area contributed by atoms with Crippen molar-refractivity contribution in [3.63, 3.8) is 0 Å². The highest BCUT2D eigenvalue weighted by atomic mass is 16.5. The minimum absolute atomic E-state index is 0.309. The van der Waals surface area contributed by atoms with E-state index in [2.05, 4.69) is 16.6 Å². The summed E-state index contributed by atoms with van der Waals surface area (Å²) in [5.74, 6) is 5.23. The van der Waals surface area contributed by atoms with Crippen LogP contribution in [0.2, 0.25) is 0 Å². The summed E-state index contributed by atoms with van der Waals surface area (Å²) < 4.78 is 4.60. The van der Waals surface area contributed by atoms with Crippen molar-refractivity contribution in [2.45, 2.75) is 6.42 Å². The molecule has 0 rings (SSSR count). The molecule has 0 aromatic heterocycles. The predicted molar refractivity (Wildman–Crippen MR) is 30.3 cm³/mol. The van der Waals surface area contributed by atoms with Crippen LogP contribution in [-0.2, 0) is 9.53 Å². The second kappa shape index (κ2) is 6.19. The number of aldehydes is 1. The smallest absolute Gasteiger partial charge is 0.131 e. The average molecular weight is 112 g/mol. The number of carbonyl (C=O) groups is 1. The molecule has 0 saturated heterocycles. The maximum Gasteiger partial charge on any atom is 0.131 e. The monoisotopic (exact) mass is 112 g/mol. The summed E-state index contributed by atoms with van der Waals surface area (Å²) in [6.45, 7) is 0.411. The Balaban J connectivity index is 3.07. The first-order chi connectivity index (χ1) is 3.91. The fourth-order valence-electron chi connectivity index (χ4n) is 0.237. The number of methoxy groups -OCH3 is 1. The number of hydrogen-bond acceptors (Lipinski definition) is 2. The lowest BCUT2D eigenvalue weighted by Crippen LogP contribution is -1.80. The van der Waals surface area contributed by atoms with Crippen LogP contribution in [0.5, 0.6) is 0 Å². The number of carbonyl (C=O) groups excluding carboxylic acids is 1. The minimum atomic E-state index is 0.309. The average Bonchev–Trinajstić information content (AvgIpc) is 1.81. The van der Waals surface area contributed by atoms with Gasteiger partial charge in [0.2, 0.25) is 0 Å². The normalized spacial score (nSPS) is 7.12. The zero-order valence-corrected chi connectivity index (χ0v) is 4.81. The molecule has 0 unspecified atom stereocenters. The predicted octanol–water partition coefficient (Wildman–Crippen LogP) is 0.225. The Morgan fingerprint density at radius 1 is 1.62 bits per heavy atom. The van der Waals surface area contributed by atoms with Crippen molar-refractivity contribution in [3.05, 3.63) is 0 Å². The van der Waals surface area contributed by atoms with Gasteiger partial charge in [-0.1, -0.05) is 11.8 Å². The van der Waals surface area contributed by atoms with Crippen molar-refractivity contribution < 1.29 is 9.53 Å². The molecule has 0 aromatic rings. The second-order valence-electron chi connectivity index (χ2n) is 1.16. The molecule has 0 saturated carbocycles. The summed E-state index contributed by atoms with van der Waals surface area (Å²) in [5.41, 5.74) is 0. The van der Waals surface area contributed by atoms with Gasteiger partial charge in [0, 0.05) is 7.11 Å². The molecule has 0 aliphatic carbocycles. The molecule has 0 atom stereocenters. The Labute approximate surface area is 48.8 Å². The van der Waals surface area contributed by atoms with Crippen LogP contribution in [-0.4, -0.2) is 20.0 Å². The van der Waals surface area contributed by atoms with Crippen LogP contribution in [0, 0.1) is 11.8 Å². The molecule has 8 heavy (non-hydrogen) atoms. The fourth-order valence-corrected chi connectivity index (χ4v) is 0.237. The lowest BCUT2D eigenvalue weighted by atomic mass is 10.5. The van der Waals surface area contributed by atoms with E-state index >= 15 is 0 Å². The van der Waals surface area contributed by atoms with Crippen molar-refractivity contribution in [2.24, 2.45) is 0 Å². The van der Waals surface area contributed by atoms with Gasteiger partial charge in [-0.05, 0) is 0 Å². The van der Waals surface area contributed by atoms with Gasteiger partial charge in [-0.25, -0.2) is 0 Å². The van der Waals surface area contributed by atoms with Gasteiger partial charge in [-0.15, -0.1) is 0 Å². The highest BCUT2D eigenvalue weighted by Crippen LogP contribution is 1.65. The molecule has 0 spiro atoms. The van der Waals surface area contributed by atoms with Gasteiger partial charge >= 0.3 is 0 Å². The molecule has 0 aliphatic rings. The van der Waals surface area contributed by atoms with Crippen LogP contribution < -0.4 is 0 Å². The molecule has 0 aromatic carbocycles. The summed E-state index contributed by atoms with van der Waals surface area (Å²) in [7, 11) is 1.57. The van der Waals surface area contributed by atoms with Crippen molar-refractivity contribution >= 4 is 6.29 Å². The van der Waals surface area contributed by atoms with E-state index in [1.165, 1.54) is 0 Å². The van der Waals surface area contributed by atoms with Crippen molar-refractivity contribution in [3.8, 4) is 11.8 Å². The lowest BCUT2D eigenvalue weighted by molar-refractivity contribution is -0.107. The summed E-state index contributed by atoms with van der Waals surface area (Å²) in [5, 5.41) is 0. The van der Waals surface area contributed by atoms with Crippen LogP contribution in [0.25, 0.3) is 0 Å². The Kier molecular flexibility index (Phi) is 5.56. The van der Waals surface area contributed by atoms with Crippen LogP contribution in [0.3, 0.4) is 0 Å². The molecule has 0 aliphatic heterocycles. The van der Waals surface area contributed by atoms with Gasteiger partial charge in [0.25, 0.3) is 0 Å². The van der Waals surface area contributed by atoms with E-state index in [0.717, 1.165) is 6.29 Å². The molecule has 2 nitrogen and oxygen atoms in total. The Bertz CT molecular complexity index is 107. The van der Waals surface area contributed by atoms with Gasteiger partial charge in [-0.2, -0.15) is 0 Å². The van der Waals surface area contributed by atoms with Crippen molar-refractivity contribution in [1.29, 1.82) is 0 Å². The first-order valence-corrected chi connectivity index (χ1v) is 2.30. The molecular formula is C6H8O2. The summed E-state index contributed by atoms with van der Waals surface area (Å²) in [6.07, 6.45) is 1.08. The molecular weight excluding hydrogens is 104 g/mol. The van der Waals surface area contributed by atoms with Gasteiger partial charge in [-0.3, -0.25) is 0 Å². The maximum absolute atomic E-state index is 9.62. The second-order valence-corrected chi connectivity index (χ2v) is 1.16.